The number of carbonyl (C=O) groups is 1. The van der Waals surface area contributed by atoms with E-state index in [1.165, 1.54) is 17.9 Å². The van der Waals surface area contributed by atoms with Crippen molar-refractivity contribution in [3.63, 3.8) is 0 Å². The highest BCUT2D eigenvalue weighted by atomic mass is 35.5. The highest BCUT2D eigenvalue weighted by molar-refractivity contribution is 6.31. The van der Waals surface area contributed by atoms with Crippen molar-refractivity contribution in [1.29, 1.82) is 0 Å². The van der Waals surface area contributed by atoms with Gasteiger partial charge in [0.25, 0.3) is 5.91 Å². The first-order valence-corrected chi connectivity index (χ1v) is 10.7. The monoisotopic (exact) mass is 451 g/mol. The van der Waals surface area contributed by atoms with Gasteiger partial charge in [0.1, 0.15) is 5.58 Å². The van der Waals surface area contributed by atoms with Crippen LogP contribution in [0.5, 0.6) is 5.75 Å². The summed E-state index contributed by atoms with van der Waals surface area (Å²) in [6.45, 7) is 1.78. The second-order valence-corrected chi connectivity index (χ2v) is 7.78. The lowest BCUT2D eigenvalue weighted by atomic mass is 10.1. The van der Waals surface area contributed by atoms with Gasteiger partial charge in [-0.05, 0) is 60.9 Å². The number of rotatable bonds is 8. The number of hydrogen-bond donors (Lipinski definition) is 1. The lowest BCUT2D eigenvalue weighted by Crippen LogP contribution is -2.22. The highest BCUT2D eigenvalue weighted by Crippen LogP contribution is 2.32. The third-order valence-corrected chi connectivity index (χ3v) is 5.20. The van der Waals surface area contributed by atoms with Gasteiger partial charge in [-0.3, -0.25) is 9.59 Å². The van der Waals surface area contributed by atoms with Crippen LogP contribution in [0.2, 0.25) is 5.02 Å². The Bertz CT molecular complexity index is 1280. The molecule has 1 amide bonds. The van der Waals surface area contributed by atoms with Gasteiger partial charge < -0.3 is 18.9 Å². The van der Waals surface area contributed by atoms with Gasteiger partial charge in [0, 0.05) is 10.7 Å². The van der Waals surface area contributed by atoms with Crippen LogP contribution in [0.25, 0.3) is 22.5 Å². The van der Waals surface area contributed by atoms with Gasteiger partial charge in [0.15, 0.2) is 12.4 Å². The third-order valence-electron chi connectivity index (χ3n) is 4.96. The number of carbonyl (C=O) groups excluding carboxylic acids is 1. The first kappa shape index (κ1) is 21.7. The molecule has 0 saturated heterocycles. The van der Waals surface area contributed by atoms with E-state index in [4.69, 9.17) is 25.2 Å². The molecule has 0 atom stereocenters. The molecular formula is C25H22ClNO5. The van der Waals surface area contributed by atoms with Gasteiger partial charge in [0.05, 0.1) is 11.6 Å². The Balaban J connectivity index is 1.54. The van der Waals surface area contributed by atoms with Gasteiger partial charge in [0.2, 0.25) is 16.9 Å². The molecule has 4 aromatic rings. The van der Waals surface area contributed by atoms with Gasteiger partial charge in [-0.25, -0.2) is 0 Å². The number of aryl methyl sites for hydroxylation is 1. The molecule has 2 heterocycles. The summed E-state index contributed by atoms with van der Waals surface area (Å²) in [6.07, 6.45) is 4.72. The smallest absolute Gasteiger partial charge is 0.262 e. The molecule has 7 heteroatoms. The topological polar surface area (TPSA) is 81.7 Å². The molecule has 0 spiro atoms. The number of benzene rings is 2. The lowest BCUT2D eigenvalue weighted by Gasteiger charge is -2.11. The van der Waals surface area contributed by atoms with Crippen LogP contribution < -0.4 is 15.5 Å². The minimum Gasteiger partial charge on any atom is -0.476 e. The predicted octanol–water partition coefficient (Wildman–Crippen LogP) is 6.07. The van der Waals surface area contributed by atoms with Crippen LogP contribution in [-0.4, -0.2) is 12.5 Å². The average Bonchev–Trinajstić information content (AvgIpc) is 3.33. The standard InChI is InChI=1S/C25H22ClNO5/c1-2-3-5-16-7-10-18(11-8-16)27-22(28)15-31-25-23(29)19-14-17(26)9-12-20(19)32-24(25)21-6-4-13-30-21/h4,6-14H,2-3,5,15H2,1H3,(H,27,28). The molecule has 0 aliphatic rings. The number of anilines is 1. The molecule has 0 aliphatic heterocycles. The van der Waals surface area contributed by atoms with Crippen LogP contribution in [0.1, 0.15) is 25.3 Å². The van der Waals surface area contributed by atoms with E-state index in [9.17, 15) is 9.59 Å². The van der Waals surface area contributed by atoms with Crippen molar-refractivity contribution >= 4 is 34.2 Å². The largest absolute Gasteiger partial charge is 0.476 e. The maximum atomic E-state index is 13.1. The first-order valence-electron chi connectivity index (χ1n) is 10.4. The average molecular weight is 452 g/mol. The van der Waals surface area contributed by atoms with E-state index in [1.807, 2.05) is 24.3 Å². The minimum absolute atomic E-state index is 0.111. The fourth-order valence-electron chi connectivity index (χ4n) is 3.32. The molecule has 2 aromatic heterocycles. The number of amides is 1. The van der Waals surface area contributed by atoms with E-state index in [0.717, 1.165) is 19.3 Å². The quantitative estimate of drug-likeness (QED) is 0.351. The van der Waals surface area contributed by atoms with E-state index >= 15 is 0 Å². The zero-order valence-corrected chi connectivity index (χ0v) is 18.3. The summed E-state index contributed by atoms with van der Waals surface area (Å²) in [6, 6.07) is 15.7. The van der Waals surface area contributed by atoms with Crippen LogP contribution in [0.3, 0.4) is 0 Å². The molecule has 0 bridgehead atoms. The van der Waals surface area contributed by atoms with Crippen molar-refractivity contribution < 1.29 is 18.4 Å². The van der Waals surface area contributed by atoms with E-state index in [0.29, 0.717) is 22.1 Å². The Morgan fingerprint density at radius 2 is 1.94 bits per heavy atom. The van der Waals surface area contributed by atoms with Gasteiger partial charge in [-0.2, -0.15) is 0 Å². The molecule has 0 fully saturated rings. The zero-order valence-electron chi connectivity index (χ0n) is 17.5. The molecule has 2 aromatic carbocycles. The normalized spacial score (nSPS) is 10.9. The maximum Gasteiger partial charge on any atom is 0.262 e. The van der Waals surface area contributed by atoms with Crippen LogP contribution in [0.15, 0.2) is 74.5 Å². The summed E-state index contributed by atoms with van der Waals surface area (Å²) in [5.74, 6) is -0.0815. The number of ether oxygens (including phenoxy) is 1. The maximum absolute atomic E-state index is 13.1. The van der Waals surface area contributed by atoms with Crippen molar-refractivity contribution in [3.05, 3.63) is 81.7 Å². The number of unbranched alkanes of at least 4 members (excludes halogenated alkanes) is 1. The molecule has 0 saturated carbocycles. The summed E-state index contributed by atoms with van der Waals surface area (Å²) in [5, 5.41) is 3.42. The Labute approximate surface area is 189 Å². The number of hydrogen-bond acceptors (Lipinski definition) is 5. The van der Waals surface area contributed by atoms with Crippen molar-refractivity contribution in [2.75, 3.05) is 11.9 Å². The fraction of sp³-hybridized carbons (Fsp3) is 0.200. The molecule has 32 heavy (non-hydrogen) atoms. The van der Waals surface area contributed by atoms with Gasteiger partial charge in [-0.15, -0.1) is 0 Å². The third kappa shape index (κ3) is 4.86. The van der Waals surface area contributed by atoms with Crippen molar-refractivity contribution in [2.24, 2.45) is 0 Å². The summed E-state index contributed by atoms with van der Waals surface area (Å²) in [7, 11) is 0. The molecule has 1 N–H and O–H groups in total. The molecular weight excluding hydrogens is 430 g/mol. The van der Waals surface area contributed by atoms with Crippen LogP contribution in [-0.2, 0) is 11.2 Å². The summed E-state index contributed by atoms with van der Waals surface area (Å²) in [5.41, 5.74) is 1.78. The molecule has 0 unspecified atom stereocenters. The second-order valence-electron chi connectivity index (χ2n) is 7.34. The summed E-state index contributed by atoms with van der Waals surface area (Å²) in [4.78, 5) is 25.5. The highest BCUT2D eigenvalue weighted by Gasteiger charge is 2.21. The first-order chi connectivity index (χ1) is 15.5. The molecule has 6 nitrogen and oxygen atoms in total. The summed E-state index contributed by atoms with van der Waals surface area (Å²) < 4.78 is 16.9. The van der Waals surface area contributed by atoms with Crippen molar-refractivity contribution in [2.45, 2.75) is 26.2 Å². The van der Waals surface area contributed by atoms with Crippen molar-refractivity contribution in [1.82, 2.24) is 0 Å². The number of furan rings is 1. The number of fused-ring (bicyclic) bond motifs is 1. The Kier molecular flexibility index (Phi) is 6.61. The number of nitrogens with one attached hydrogen (secondary N) is 1. The zero-order chi connectivity index (χ0) is 22.5. The Morgan fingerprint density at radius 1 is 1.12 bits per heavy atom. The molecule has 4 rings (SSSR count). The number of halogens is 1. The van der Waals surface area contributed by atoms with E-state index < -0.39 is 11.3 Å². The van der Waals surface area contributed by atoms with Crippen LogP contribution in [0, 0.1) is 0 Å². The Morgan fingerprint density at radius 3 is 2.66 bits per heavy atom. The van der Waals surface area contributed by atoms with E-state index in [1.54, 1.807) is 24.3 Å². The lowest BCUT2D eigenvalue weighted by molar-refractivity contribution is -0.118. The van der Waals surface area contributed by atoms with Gasteiger partial charge in [-0.1, -0.05) is 37.1 Å². The minimum atomic E-state index is -0.437. The Hall–Kier alpha value is -3.51. The van der Waals surface area contributed by atoms with Crippen molar-refractivity contribution in [3.8, 4) is 17.3 Å². The van der Waals surface area contributed by atoms with Gasteiger partial charge >= 0.3 is 0 Å². The molecule has 0 aliphatic carbocycles. The second kappa shape index (κ2) is 9.75. The molecule has 164 valence electrons. The molecule has 0 radical (unpaired) electrons. The van der Waals surface area contributed by atoms with Crippen LogP contribution >= 0.6 is 11.6 Å². The van der Waals surface area contributed by atoms with E-state index in [-0.39, 0.29) is 23.5 Å². The van der Waals surface area contributed by atoms with E-state index in [2.05, 4.69) is 12.2 Å². The summed E-state index contributed by atoms with van der Waals surface area (Å²) >= 11 is 6.04. The van der Waals surface area contributed by atoms with Crippen LogP contribution in [0.4, 0.5) is 5.69 Å². The SMILES string of the molecule is CCCCc1ccc(NC(=O)COc2c(-c3ccco3)oc3ccc(Cl)cc3c2=O)cc1. The fourth-order valence-corrected chi connectivity index (χ4v) is 3.49. The predicted molar refractivity (Wildman–Crippen MR) is 124 cm³/mol.